The molecule has 9 heteroatoms. The van der Waals surface area contributed by atoms with Crippen molar-refractivity contribution in [1.82, 2.24) is 5.32 Å². The van der Waals surface area contributed by atoms with E-state index in [2.05, 4.69) is 26.1 Å². The molecule has 1 aliphatic rings. The van der Waals surface area contributed by atoms with Crippen molar-refractivity contribution >= 4 is 21.6 Å². The van der Waals surface area contributed by atoms with E-state index in [0.29, 0.717) is 22.9 Å². The predicted molar refractivity (Wildman–Crippen MR) is 147 cm³/mol. The highest BCUT2D eigenvalue weighted by atomic mass is 32.2. The highest BCUT2D eigenvalue weighted by molar-refractivity contribution is 7.92. The van der Waals surface area contributed by atoms with Crippen molar-refractivity contribution in [2.75, 3.05) is 31.1 Å². The number of sulfonamides is 1. The number of rotatable bonds is 8. The van der Waals surface area contributed by atoms with Gasteiger partial charge in [-0.2, -0.15) is 0 Å². The molecule has 202 valence electrons. The van der Waals surface area contributed by atoms with Crippen molar-refractivity contribution in [3.63, 3.8) is 0 Å². The Morgan fingerprint density at radius 3 is 2.32 bits per heavy atom. The molecule has 1 atom stereocenters. The maximum atomic E-state index is 13.6. The van der Waals surface area contributed by atoms with E-state index < -0.39 is 22.0 Å². The van der Waals surface area contributed by atoms with Gasteiger partial charge in [0.05, 0.1) is 30.8 Å². The minimum atomic E-state index is -3.96. The largest absolute Gasteiger partial charge is 0.497 e. The Hall–Kier alpha value is -3.72. The van der Waals surface area contributed by atoms with Crippen LogP contribution in [-0.4, -0.2) is 47.2 Å². The van der Waals surface area contributed by atoms with Gasteiger partial charge in [0.25, 0.3) is 15.9 Å². The molecule has 38 heavy (non-hydrogen) atoms. The van der Waals surface area contributed by atoms with Gasteiger partial charge in [-0.25, -0.2) is 8.42 Å². The molecule has 0 aromatic heterocycles. The van der Waals surface area contributed by atoms with Gasteiger partial charge in [0, 0.05) is 0 Å². The second-order valence-electron chi connectivity index (χ2n) is 10.2. The van der Waals surface area contributed by atoms with E-state index in [0.717, 1.165) is 5.56 Å². The molecule has 1 heterocycles. The number of hydrogen-bond donors (Lipinski definition) is 1. The van der Waals surface area contributed by atoms with E-state index >= 15 is 0 Å². The zero-order valence-electron chi connectivity index (χ0n) is 22.4. The third kappa shape index (κ3) is 6.05. The number of carbonyl (C=O) groups is 1. The summed E-state index contributed by atoms with van der Waals surface area (Å²) in [6.45, 7) is 8.66. The van der Waals surface area contributed by atoms with Crippen LogP contribution in [0, 0.1) is 6.92 Å². The lowest BCUT2D eigenvalue weighted by Crippen LogP contribution is -2.51. The predicted octanol–water partition coefficient (Wildman–Crippen LogP) is 4.45. The molecule has 0 unspecified atom stereocenters. The third-order valence-corrected chi connectivity index (χ3v) is 8.11. The summed E-state index contributed by atoms with van der Waals surface area (Å²) in [6, 6.07) is 19.3. The Labute approximate surface area is 224 Å². The van der Waals surface area contributed by atoms with Crippen LogP contribution in [0.5, 0.6) is 17.2 Å². The van der Waals surface area contributed by atoms with Gasteiger partial charge in [0.2, 0.25) is 0 Å². The van der Waals surface area contributed by atoms with Crippen LogP contribution in [-0.2, 0) is 20.2 Å². The molecular weight excluding hydrogens is 504 g/mol. The Balaban J connectivity index is 1.44. The zero-order valence-corrected chi connectivity index (χ0v) is 23.2. The summed E-state index contributed by atoms with van der Waals surface area (Å²) in [5, 5.41) is 2.80. The molecule has 1 amide bonds. The van der Waals surface area contributed by atoms with Crippen LogP contribution in [0.1, 0.15) is 31.9 Å². The number of anilines is 1. The van der Waals surface area contributed by atoms with E-state index in [1.54, 1.807) is 24.3 Å². The topological polar surface area (TPSA) is 94.2 Å². The van der Waals surface area contributed by atoms with E-state index in [4.69, 9.17) is 14.2 Å². The lowest BCUT2D eigenvalue weighted by atomic mass is 9.87. The molecule has 3 aromatic rings. The summed E-state index contributed by atoms with van der Waals surface area (Å²) in [7, 11) is -2.45. The van der Waals surface area contributed by atoms with Gasteiger partial charge in [-0.05, 0) is 72.0 Å². The van der Waals surface area contributed by atoms with Crippen LogP contribution in [0.3, 0.4) is 0 Å². The van der Waals surface area contributed by atoms with E-state index in [1.807, 2.05) is 37.3 Å². The lowest BCUT2D eigenvalue weighted by molar-refractivity contribution is -0.127. The molecule has 3 aromatic carbocycles. The van der Waals surface area contributed by atoms with Crippen molar-refractivity contribution in [3.8, 4) is 17.2 Å². The molecule has 0 fully saturated rings. The Bertz CT molecular complexity index is 1380. The average molecular weight is 539 g/mol. The number of nitrogens with one attached hydrogen (secondary N) is 1. The van der Waals surface area contributed by atoms with Crippen LogP contribution in [0.25, 0.3) is 0 Å². The molecule has 0 aliphatic carbocycles. The van der Waals surface area contributed by atoms with Gasteiger partial charge >= 0.3 is 0 Å². The number of methoxy groups -OCH3 is 1. The lowest BCUT2D eigenvalue weighted by Gasteiger charge is -2.35. The van der Waals surface area contributed by atoms with Gasteiger partial charge in [-0.3, -0.25) is 9.10 Å². The van der Waals surface area contributed by atoms with E-state index in [-0.39, 0.29) is 30.0 Å². The first-order chi connectivity index (χ1) is 18.0. The standard InChI is InChI=1S/C29H34N2O6S/c1-20-6-15-25-26(18-20)37-27(19-31(25)38(33,34)24-13-11-22(35-5)12-14-24)28(32)30-16-17-36-23-9-7-21(8-10-23)29(2,3)4/h6-15,18,27H,16-17,19H2,1-5H3,(H,30,32)/t27-/m1/s1. The van der Waals surface area contributed by atoms with Gasteiger partial charge in [0.1, 0.15) is 23.9 Å². The van der Waals surface area contributed by atoms with Crippen LogP contribution in [0.15, 0.2) is 71.6 Å². The fourth-order valence-corrected chi connectivity index (χ4v) is 5.58. The second-order valence-corrected chi connectivity index (χ2v) is 12.1. The second kappa shape index (κ2) is 10.9. The monoisotopic (exact) mass is 538 g/mol. The van der Waals surface area contributed by atoms with Crippen LogP contribution in [0.2, 0.25) is 0 Å². The number of ether oxygens (including phenoxy) is 3. The summed E-state index contributed by atoms with van der Waals surface area (Å²) in [6.07, 6.45) is -1.02. The molecular formula is C29H34N2O6S. The minimum absolute atomic E-state index is 0.0540. The SMILES string of the molecule is COc1ccc(S(=O)(=O)N2C[C@H](C(=O)NCCOc3ccc(C(C)(C)C)cc3)Oc3cc(C)ccc32)cc1. The molecule has 4 rings (SSSR count). The summed E-state index contributed by atoms with van der Waals surface area (Å²) >= 11 is 0. The van der Waals surface area contributed by atoms with Crippen molar-refractivity contribution in [1.29, 1.82) is 0 Å². The smallest absolute Gasteiger partial charge is 0.264 e. The number of nitrogens with zero attached hydrogens (tertiary/aromatic N) is 1. The molecule has 0 bridgehead atoms. The van der Waals surface area contributed by atoms with Gasteiger partial charge in [-0.15, -0.1) is 0 Å². The van der Waals surface area contributed by atoms with Crippen LogP contribution < -0.4 is 23.8 Å². The number of aryl methyl sites for hydroxylation is 1. The quantitative estimate of drug-likeness (QED) is 0.426. The Kier molecular flexibility index (Phi) is 7.87. The van der Waals surface area contributed by atoms with E-state index in [9.17, 15) is 13.2 Å². The van der Waals surface area contributed by atoms with Gasteiger partial charge < -0.3 is 19.5 Å². The summed E-state index contributed by atoms with van der Waals surface area (Å²) in [5.74, 6) is 1.18. The normalized spacial score (nSPS) is 15.3. The molecule has 1 N–H and O–H groups in total. The highest BCUT2D eigenvalue weighted by Gasteiger charge is 2.37. The number of fused-ring (bicyclic) bond motifs is 1. The molecule has 0 radical (unpaired) electrons. The first-order valence-electron chi connectivity index (χ1n) is 12.4. The highest BCUT2D eigenvalue weighted by Crippen LogP contribution is 2.38. The molecule has 0 spiro atoms. The number of benzene rings is 3. The van der Waals surface area contributed by atoms with Gasteiger partial charge in [0.15, 0.2) is 6.10 Å². The van der Waals surface area contributed by atoms with Crippen molar-refractivity contribution in [2.24, 2.45) is 0 Å². The number of amides is 1. The fraction of sp³-hybridized carbons (Fsp3) is 0.345. The Morgan fingerprint density at radius 1 is 1.03 bits per heavy atom. The fourth-order valence-electron chi connectivity index (χ4n) is 4.11. The zero-order chi connectivity index (χ0) is 27.5. The maximum Gasteiger partial charge on any atom is 0.264 e. The minimum Gasteiger partial charge on any atom is -0.497 e. The summed E-state index contributed by atoms with van der Waals surface area (Å²) < 4.78 is 45.3. The van der Waals surface area contributed by atoms with Crippen molar-refractivity contribution in [3.05, 3.63) is 77.9 Å². The van der Waals surface area contributed by atoms with Gasteiger partial charge in [-0.1, -0.05) is 39.0 Å². The first-order valence-corrected chi connectivity index (χ1v) is 13.9. The number of carbonyl (C=O) groups excluding carboxylic acids is 1. The molecule has 0 saturated heterocycles. The molecule has 0 saturated carbocycles. The molecule has 1 aliphatic heterocycles. The van der Waals surface area contributed by atoms with Crippen molar-refractivity contribution in [2.45, 2.75) is 44.1 Å². The summed E-state index contributed by atoms with van der Waals surface area (Å²) in [5.41, 5.74) is 2.53. The summed E-state index contributed by atoms with van der Waals surface area (Å²) in [4.78, 5) is 13.1. The molecule has 8 nitrogen and oxygen atoms in total. The van der Waals surface area contributed by atoms with E-state index in [1.165, 1.54) is 29.1 Å². The number of hydrogen-bond acceptors (Lipinski definition) is 6. The van der Waals surface area contributed by atoms with Crippen LogP contribution in [0.4, 0.5) is 5.69 Å². The van der Waals surface area contributed by atoms with Crippen molar-refractivity contribution < 1.29 is 27.4 Å². The van der Waals surface area contributed by atoms with Crippen LogP contribution >= 0.6 is 0 Å². The first kappa shape index (κ1) is 27.3. The maximum absolute atomic E-state index is 13.6. The Morgan fingerprint density at radius 2 is 1.68 bits per heavy atom. The third-order valence-electron chi connectivity index (χ3n) is 6.32. The average Bonchev–Trinajstić information content (AvgIpc) is 2.89.